The Morgan fingerprint density at radius 3 is 2.89 bits per heavy atom. The first-order valence-electron chi connectivity index (χ1n) is 7.20. The number of allylic oxidation sites excluding steroid dienone is 1. The summed E-state index contributed by atoms with van der Waals surface area (Å²) in [6, 6.07) is 9.04. The van der Waals surface area contributed by atoms with Crippen molar-refractivity contribution in [3.05, 3.63) is 53.7 Å². The third-order valence-electron chi connectivity index (χ3n) is 4.17. The Balaban J connectivity index is 2.02. The minimum absolute atomic E-state index is 0.563. The lowest BCUT2D eigenvalue weighted by atomic mass is 10.0. The van der Waals surface area contributed by atoms with Crippen molar-refractivity contribution in [2.24, 2.45) is 5.92 Å². The molecule has 0 fully saturated rings. The molecule has 0 N–H and O–H groups in total. The third-order valence-corrected chi connectivity index (χ3v) is 4.17. The van der Waals surface area contributed by atoms with Gasteiger partial charge in [-0.1, -0.05) is 32.1 Å². The van der Waals surface area contributed by atoms with Crippen LogP contribution < -0.4 is 0 Å². The molecule has 0 spiro atoms. The van der Waals surface area contributed by atoms with Crippen LogP contribution in [0.5, 0.6) is 0 Å². The number of hydrogen-bond donors (Lipinski definition) is 0. The van der Waals surface area contributed by atoms with Crippen LogP contribution in [0.3, 0.4) is 0 Å². The lowest BCUT2D eigenvalue weighted by molar-refractivity contribution is 0.569. The Hall–Kier alpha value is -1.63. The minimum atomic E-state index is 0.563. The minimum Gasteiger partial charge on any atom is -0.253 e. The highest BCUT2D eigenvalue weighted by Crippen LogP contribution is 2.31. The summed E-state index contributed by atoms with van der Waals surface area (Å²) in [5, 5.41) is 1.28. The van der Waals surface area contributed by atoms with Gasteiger partial charge in [0.25, 0.3) is 0 Å². The van der Waals surface area contributed by atoms with E-state index in [0.29, 0.717) is 11.8 Å². The molecule has 19 heavy (non-hydrogen) atoms. The van der Waals surface area contributed by atoms with Crippen LogP contribution >= 0.6 is 0 Å². The number of nitrogens with zero attached hydrogens (tertiary/aromatic N) is 1. The summed E-state index contributed by atoms with van der Waals surface area (Å²) in [7, 11) is 0. The van der Waals surface area contributed by atoms with Gasteiger partial charge in [-0.05, 0) is 54.4 Å². The van der Waals surface area contributed by atoms with Crippen molar-refractivity contribution in [1.29, 1.82) is 0 Å². The second-order valence-electron chi connectivity index (χ2n) is 6.00. The van der Waals surface area contributed by atoms with Gasteiger partial charge in [-0.2, -0.15) is 0 Å². The summed E-state index contributed by atoms with van der Waals surface area (Å²) in [5.74, 6) is 1.27. The van der Waals surface area contributed by atoms with E-state index in [-0.39, 0.29) is 0 Å². The van der Waals surface area contributed by atoms with E-state index >= 15 is 0 Å². The molecule has 0 amide bonds. The van der Waals surface area contributed by atoms with E-state index in [1.165, 1.54) is 22.2 Å². The molecule has 0 saturated carbocycles. The molecule has 1 atom stereocenters. The van der Waals surface area contributed by atoms with E-state index in [1.807, 2.05) is 6.08 Å². The van der Waals surface area contributed by atoms with Gasteiger partial charge >= 0.3 is 0 Å². The quantitative estimate of drug-likeness (QED) is 0.724. The predicted octanol–water partition coefficient (Wildman–Crippen LogP) is 4.65. The van der Waals surface area contributed by atoms with Gasteiger partial charge in [-0.3, -0.25) is 4.98 Å². The van der Waals surface area contributed by atoms with Gasteiger partial charge in [0.05, 0.1) is 5.52 Å². The third kappa shape index (κ3) is 2.30. The first kappa shape index (κ1) is 12.4. The van der Waals surface area contributed by atoms with Crippen LogP contribution in [0.15, 0.2) is 36.9 Å². The summed E-state index contributed by atoms with van der Waals surface area (Å²) < 4.78 is 0. The van der Waals surface area contributed by atoms with Crippen LogP contribution in [0.4, 0.5) is 0 Å². The monoisotopic (exact) mass is 251 g/mol. The fourth-order valence-electron chi connectivity index (χ4n) is 3.04. The van der Waals surface area contributed by atoms with Gasteiger partial charge in [-0.25, -0.2) is 0 Å². The van der Waals surface area contributed by atoms with E-state index in [9.17, 15) is 0 Å². The van der Waals surface area contributed by atoms with Gasteiger partial charge in [0.1, 0.15) is 0 Å². The van der Waals surface area contributed by atoms with Crippen LogP contribution in [0.25, 0.3) is 10.9 Å². The molecule has 98 valence electrons. The average Bonchev–Trinajstić information content (AvgIpc) is 2.76. The Morgan fingerprint density at radius 2 is 2.16 bits per heavy atom. The Kier molecular flexibility index (Phi) is 3.14. The van der Waals surface area contributed by atoms with Crippen LogP contribution in [0, 0.1) is 5.92 Å². The zero-order valence-electron chi connectivity index (χ0n) is 11.8. The Morgan fingerprint density at radius 1 is 1.32 bits per heavy atom. The smallest absolute Gasteiger partial charge is 0.0708 e. The van der Waals surface area contributed by atoms with E-state index in [4.69, 9.17) is 4.98 Å². The summed E-state index contributed by atoms with van der Waals surface area (Å²) in [5.41, 5.74) is 5.28. The van der Waals surface area contributed by atoms with Crippen molar-refractivity contribution in [1.82, 2.24) is 4.98 Å². The van der Waals surface area contributed by atoms with Crippen LogP contribution in [-0.4, -0.2) is 4.98 Å². The van der Waals surface area contributed by atoms with Gasteiger partial charge in [0.2, 0.25) is 0 Å². The van der Waals surface area contributed by atoms with E-state index in [1.54, 1.807) is 0 Å². The van der Waals surface area contributed by atoms with E-state index in [2.05, 4.69) is 44.7 Å². The number of fused-ring (bicyclic) bond motifs is 2. The van der Waals surface area contributed by atoms with Crippen LogP contribution in [0.1, 0.15) is 43.0 Å². The molecular formula is C18H21N. The topological polar surface area (TPSA) is 12.9 Å². The normalized spacial score (nSPS) is 17.9. The summed E-state index contributed by atoms with van der Waals surface area (Å²) in [6.07, 6.45) is 5.41. The van der Waals surface area contributed by atoms with Crippen LogP contribution in [-0.2, 0) is 12.8 Å². The summed E-state index contributed by atoms with van der Waals surface area (Å²) in [6.45, 7) is 8.31. The molecule has 3 rings (SSSR count). The lowest BCUT2D eigenvalue weighted by Crippen LogP contribution is -1.96. The van der Waals surface area contributed by atoms with Crippen molar-refractivity contribution >= 4 is 10.9 Å². The molecule has 1 aromatic carbocycles. The highest BCUT2D eigenvalue weighted by atomic mass is 14.7. The highest BCUT2D eigenvalue weighted by Gasteiger charge is 2.22. The number of hydrogen-bond acceptors (Lipinski definition) is 1. The maximum Gasteiger partial charge on any atom is 0.0708 e. The van der Waals surface area contributed by atoms with Gasteiger partial charge in [0.15, 0.2) is 0 Å². The predicted molar refractivity (Wildman–Crippen MR) is 81.5 cm³/mol. The standard InChI is InChI=1S/C18H21N/c1-4-5-13-8-16-10-15-7-6-14(12(2)3)11-18(15)19-17(16)9-13/h4,6-7,10-13H,1,5,8-9H2,2-3H3/t13-/m1/s1. The molecule has 0 bridgehead atoms. The van der Waals surface area contributed by atoms with Gasteiger partial charge in [-0.15, -0.1) is 6.58 Å². The van der Waals surface area contributed by atoms with Crippen molar-refractivity contribution in [2.75, 3.05) is 0 Å². The lowest BCUT2D eigenvalue weighted by Gasteiger charge is -2.08. The molecule has 1 aliphatic rings. The molecule has 1 aliphatic carbocycles. The van der Waals surface area contributed by atoms with Crippen molar-refractivity contribution in [3.8, 4) is 0 Å². The number of aromatic nitrogens is 1. The zero-order chi connectivity index (χ0) is 13.4. The fraction of sp³-hybridized carbons (Fsp3) is 0.389. The maximum absolute atomic E-state index is 4.90. The number of benzene rings is 1. The fourth-order valence-corrected chi connectivity index (χ4v) is 3.04. The molecule has 1 nitrogen and oxygen atoms in total. The molecule has 0 aliphatic heterocycles. The Bertz CT molecular complexity index is 625. The molecule has 2 aromatic rings. The molecule has 0 saturated heterocycles. The number of rotatable bonds is 3. The summed E-state index contributed by atoms with van der Waals surface area (Å²) >= 11 is 0. The SMILES string of the molecule is C=CC[C@@H]1Cc2cc3ccc(C(C)C)cc3nc2C1. The molecule has 0 radical (unpaired) electrons. The first-order chi connectivity index (χ1) is 9.17. The molecular weight excluding hydrogens is 230 g/mol. The van der Waals surface area contributed by atoms with Crippen molar-refractivity contribution in [3.63, 3.8) is 0 Å². The second kappa shape index (κ2) is 4.80. The Labute approximate surface area is 115 Å². The highest BCUT2D eigenvalue weighted by molar-refractivity contribution is 5.80. The van der Waals surface area contributed by atoms with E-state index < -0.39 is 0 Å². The zero-order valence-corrected chi connectivity index (χ0v) is 11.8. The van der Waals surface area contributed by atoms with Crippen LogP contribution in [0.2, 0.25) is 0 Å². The number of pyridine rings is 1. The average molecular weight is 251 g/mol. The van der Waals surface area contributed by atoms with Gasteiger partial charge < -0.3 is 0 Å². The molecule has 1 heterocycles. The van der Waals surface area contributed by atoms with Crippen molar-refractivity contribution in [2.45, 2.75) is 39.0 Å². The van der Waals surface area contributed by atoms with Gasteiger partial charge in [0, 0.05) is 11.1 Å². The van der Waals surface area contributed by atoms with Crippen molar-refractivity contribution < 1.29 is 0 Å². The molecule has 0 unspecified atom stereocenters. The maximum atomic E-state index is 4.90. The largest absolute Gasteiger partial charge is 0.253 e. The van der Waals surface area contributed by atoms with E-state index in [0.717, 1.165) is 24.8 Å². The summed E-state index contributed by atoms with van der Waals surface area (Å²) in [4.78, 5) is 4.90. The molecule has 1 aromatic heterocycles. The first-order valence-corrected chi connectivity index (χ1v) is 7.20. The second-order valence-corrected chi connectivity index (χ2v) is 6.00. The molecule has 1 heteroatoms.